The van der Waals surface area contributed by atoms with Crippen LogP contribution in [0.5, 0.6) is 0 Å². The Balaban J connectivity index is 0.00000109. The lowest BCUT2D eigenvalue weighted by molar-refractivity contribution is 0.508. The molecule has 4 nitrogen and oxygen atoms in total. The number of hydrogen-bond acceptors (Lipinski definition) is 4. The molecule has 190 valence electrons. The van der Waals surface area contributed by atoms with E-state index in [1.165, 1.54) is 16.7 Å². The van der Waals surface area contributed by atoms with E-state index in [1.807, 2.05) is 39.8 Å². The van der Waals surface area contributed by atoms with E-state index in [0.29, 0.717) is 11.6 Å². The van der Waals surface area contributed by atoms with E-state index in [4.69, 9.17) is 0 Å². The van der Waals surface area contributed by atoms with E-state index in [9.17, 15) is 0 Å². The molecule has 3 aromatic carbocycles. The maximum atomic E-state index is 4.58. The molecule has 36 heavy (non-hydrogen) atoms. The minimum Gasteiger partial charge on any atom is -0.337 e. The van der Waals surface area contributed by atoms with E-state index in [-0.39, 0.29) is 5.41 Å². The van der Waals surface area contributed by atoms with Gasteiger partial charge < -0.3 is 10.6 Å². The highest BCUT2D eigenvalue weighted by Crippen LogP contribution is 2.35. The molecule has 0 amide bonds. The smallest absolute Gasteiger partial charge is 0.173 e. The van der Waals surface area contributed by atoms with Gasteiger partial charge in [0.1, 0.15) is 0 Å². The molecule has 4 heteroatoms. The van der Waals surface area contributed by atoms with Gasteiger partial charge in [0, 0.05) is 23.8 Å². The third-order valence-corrected chi connectivity index (χ3v) is 6.08. The SMILES string of the molecule is CC.CC.CCC(C)(C)c1ccccc1Nc1nccnc1Nc1ccc(-c2ccccc2)cc1C. The van der Waals surface area contributed by atoms with Gasteiger partial charge in [-0.05, 0) is 59.2 Å². The molecule has 0 atom stereocenters. The molecular weight excluding hydrogens is 440 g/mol. The largest absolute Gasteiger partial charge is 0.337 e. The normalized spacial score (nSPS) is 10.3. The lowest BCUT2D eigenvalue weighted by Gasteiger charge is -2.26. The molecule has 0 aliphatic rings. The van der Waals surface area contributed by atoms with Crippen LogP contribution < -0.4 is 10.6 Å². The maximum Gasteiger partial charge on any atom is 0.173 e. The number of benzene rings is 3. The van der Waals surface area contributed by atoms with E-state index in [1.54, 1.807) is 12.4 Å². The number of anilines is 4. The summed E-state index contributed by atoms with van der Waals surface area (Å²) in [6.07, 6.45) is 4.47. The Morgan fingerprint density at radius 2 is 1.22 bits per heavy atom. The Morgan fingerprint density at radius 3 is 1.81 bits per heavy atom. The standard InChI is InChI=1S/C28H30N4.2C2H6/c1-5-28(3,4)23-13-9-10-14-25(23)32-27-26(29-17-18-30-27)31-24-16-15-22(19-20(24)2)21-11-7-6-8-12-21;2*1-2/h6-19H,5H2,1-4H3,(H,29,31)(H,30,32);2*1-2H3. The van der Waals surface area contributed by atoms with Gasteiger partial charge in [-0.1, -0.05) is 103 Å². The predicted molar refractivity (Wildman–Crippen MR) is 158 cm³/mol. The highest BCUT2D eigenvalue weighted by Gasteiger charge is 2.22. The van der Waals surface area contributed by atoms with Crippen LogP contribution >= 0.6 is 0 Å². The summed E-state index contributed by atoms with van der Waals surface area (Å²) in [6, 6.07) is 25.3. The molecule has 0 radical (unpaired) electrons. The van der Waals surface area contributed by atoms with Crippen molar-refractivity contribution in [1.29, 1.82) is 0 Å². The van der Waals surface area contributed by atoms with Crippen LogP contribution in [0.3, 0.4) is 0 Å². The number of nitrogens with zero attached hydrogens (tertiary/aromatic N) is 2. The highest BCUT2D eigenvalue weighted by atomic mass is 15.1. The fourth-order valence-electron chi connectivity index (χ4n) is 3.76. The van der Waals surface area contributed by atoms with Crippen molar-refractivity contribution in [3.8, 4) is 11.1 Å². The van der Waals surface area contributed by atoms with Crippen LogP contribution in [0.15, 0.2) is 85.2 Å². The quantitative estimate of drug-likeness (QED) is 0.275. The molecule has 0 saturated heterocycles. The minimum absolute atomic E-state index is 0.0588. The lowest BCUT2D eigenvalue weighted by Crippen LogP contribution is -2.17. The fraction of sp³-hybridized carbons (Fsp3) is 0.312. The second-order valence-electron chi connectivity index (χ2n) is 8.68. The van der Waals surface area contributed by atoms with Crippen molar-refractivity contribution in [2.45, 2.75) is 67.2 Å². The zero-order valence-electron chi connectivity index (χ0n) is 23.2. The van der Waals surface area contributed by atoms with Gasteiger partial charge in [0.05, 0.1) is 0 Å². The van der Waals surface area contributed by atoms with Gasteiger partial charge in [0.25, 0.3) is 0 Å². The van der Waals surface area contributed by atoms with E-state index >= 15 is 0 Å². The number of rotatable bonds is 7. The van der Waals surface area contributed by atoms with Crippen LogP contribution in [0.2, 0.25) is 0 Å². The van der Waals surface area contributed by atoms with Crippen molar-refractivity contribution in [1.82, 2.24) is 9.97 Å². The zero-order valence-corrected chi connectivity index (χ0v) is 23.2. The van der Waals surface area contributed by atoms with Crippen molar-refractivity contribution in [3.05, 3.63) is 96.3 Å². The Bertz CT molecular complexity index is 1200. The predicted octanol–water partition coefficient (Wildman–Crippen LogP) is 9.68. The molecule has 4 aromatic rings. The molecule has 1 heterocycles. The molecule has 0 saturated carbocycles. The molecule has 2 N–H and O–H groups in total. The van der Waals surface area contributed by atoms with Gasteiger partial charge in [0.15, 0.2) is 11.6 Å². The molecule has 4 rings (SSSR count). The van der Waals surface area contributed by atoms with Gasteiger partial charge in [-0.2, -0.15) is 0 Å². The molecule has 0 spiro atoms. The van der Waals surface area contributed by atoms with Crippen molar-refractivity contribution in [2.75, 3.05) is 10.6 Å². The average molecular weight is 483 g/mol. The summed E-state index contributed by atoms with van der Waals surface area (Å²) < 4.78 is 0. The maximum absolute atomic E-state index is 4.58. The van der Waals surface area contributed by atoms with Gasteiger partial charge in [0.2, 0.25) is 0 Å². The Morgan fingerprint density at radius 1 is 0.667 bits per heavy atom. The molecule has 0 fully saturated rings. The lowest BCUT2D eigenvalue weighted by atomic mass is 9.81. The highest BCUT2D eigenvalue weighted by molar-refractivity contribution is 5.76. The Hall–Kier alpha value is -3.66. The monoisotopic (exact) mass is 482 g/mol. The van der Waals surface area contributed by atoms with Crippen LogP contribution in [-0.4, -0.2) is 9.97 Å². The Kier molecular flexibility index (Phi) is 11.1. The van der Waals surface area contributed by atoms with Gasteiger partial charge in [-0.15, -0.1) is 0 Å². The molecule has 0 bridgehead atoms. The summed E-state index contributed by atoms with van der Waals surface area (Å²) in [7, 11) is 0. The summed E-state index contributed by atoms with van der Waals surface area (Å²) in [5, 5.41) is 7.00. The number of aromatic nitrogens is 2. The van der Waals surface area contributed by atoms with Crippen molar-refractivity contribution < 1.29 is 0 Å². The molecular formula is C32H42N4. The van der Waals surface area contributed by atoms with Crippen LogP contribution in [-0.2, 0) is 5.41 Å². The number of para-hydroxylation sites is 1. The first kappa shape index (κ1) is 28.6. The molecule has 0 aliphatic carbocycles. The van der Waals surface area contributed by atoms with Gasteiger partial charge in [-0.25, -0.2) is 9.97 Å². The van der Waals surface area contributed by atoms with Crippen molar-refractivity contribution in [3.63, 3.8) is 0 Å². The Labute approximate surface area is 218 Å². The van der Waals surface area contributed by atoms with Gasteiger partial charge in [-0.3, -0.25) is 0 Å². The van der Waals surface area contributed by atoms with Crippen LogP contribution in [0, 0.1) is 6.92 Å². The first-order chi connectivity index (χ1) is 17.5. The van der Waals surface area contributed by atoms with E-state index in [2.05, 4.69) is 109 Å². The van der Waals surface area contributed by atoms with Crippen LogP contribution in [0.25, 0.3) is 11.1 Å². The van der Waals surface area contributed by atoms with Crippen LogP contribution in [0.4, 0.5) is 23.0 Å². The van der Waals surface area contributed by atoms with Crippen molar-refractivity contribution >= 4 is 23.0 Å². The fourth-order valence-corrected chi connectivity index (χ4v) is 3.76. The summed E-state index contributed by atoms with van der Waals surface area (Å²) in [6.45, 7) is 16.9. The third-order valence-electron chi connectivity index (χ3n) is 6.08. The third kappa shape index (κ3) is 7.17. The van der Waals surface area contributed by atoms with Gasteiger partial charge >= 0.3 is 0 Å². The summed E-state index contributed by atoms with van der Waals surface area (Å²) in [5.74, 6) is 1.41. The zero-order chi connectivity index (χ0) is 26.6. The minimum atomic E-state index is 0.0588. The number of aryl methyl sites for hydroxylation is 1. The van der Waals surface area contributed by atoms with E-state index in [0.717, 1.165) is 23.4 Å². The molecule has 0 aliphatic heterocycles. The summed E-state index contributed by atoms with van der Waals surface area (Å²) >= 11 is 0. The summed E-state index contributed by atoms with van der Waals surface area (Å²) in [4.78, 5) is 9.15. The second-order valence-corrected chi connectivity index (χ2v) is 8.68. The first-order valence-electron chi connectivity index (χ1n) is 13.1. The molecule has 0 unspecified atom stereocenters. The second kappa shape index (κ2) is 14.0. The summed E-state index contributed by atoms with van der Waals surface area (Å²) in [5.41, 5.74) is 6.94. The number of hydrogen-bond donors (Lipinski definition) is 2. The van der Waals surface area contributed by atoms with Crippen molar-refractivity contribution in [2.24, 2.45) is 0 Å². The topological polar surface area (TPSA) is 49.8 Å². The average Bonchev–Trinajstić information content (AvgIpc) is 2.94. The van der Waals surface area contributed by atoms with E-state index < -0.39 is 0 Å². The molecule has 1 aromatic heterocycles. The first-order valence-corrected chi connectivity index (χ1v) is 13.1. The number of nitrogens with one attached hydrogen (secondary N) is 2. The van der Waals surface area contributed by atoms with Crippen LogP contribution in [0.1, 0.15) is 66.0 Å².